The maximum atomic E-state index is 11.2. The smallest absolute Gasteiger partial charge is 0.339 e. The van der Waals surface area contributed by atoms with Gasteiger partial charge in [0, 0.05) is 17.8 Å². The molecule has 2 rings (SSSR count). The summed E-state index contributed by atoms with van der Waals surface area (Å²) in [5, 5.41) is 9.19. The molecule has 0 aliphatic carbocycles. The van der Waals surface area contributed by atoms with Crippen molar-refractivity contribution in [2.24, 2.45) is 0 Å². The van der Waals surface area contributed by atoms with Crippen molar-refractivity contribution in [1.82, 2.24) is 9.97 Å². The molecule has 0 spiro atoms. The van der Waals surface area contributed by atoms with Gasteiger partial charge in [0.05, 0.1) is 7.11 Å². The fourth-order valence-corrected chi connectivity index (χ4v) is 1.83. The molecule has 0 amide bonds. The molecular weight excluding hydrogens is 272 g/mol. The summed E-state index contributed by atoms with van der Waals surface area (Å²) in [7, 11) is 1.50. The van der Waals surface area contributed by atoms with Crippen molar-refractivity contribution in [3.63, 3.8) is 0 Å². The van der Waals surface area contributed by atoms with Crippen molar-refractivity contribution >= 4 is 5.97 Å². The second kappa shape index (κ2) is 6.69. The molecule has 0 saturated heterocycles. The monoisotopic (exact) mass is 288 g/mol. The highest BCUT2D eigenvalue weighted by Gasteiger charge is 2.14. The van der Waals surface area contributed by atoms with Gasteiger partial charge in [-0.15, -0.1) is 0 Å². The number of aryl methyl sites for hydroxylation is 1. The topological polar surface area (TPSA) is 81.5 Å². The number of carbonyl (C=O) groups is 1. The average Bonchev–Trinajstić information content (AvgIpc) is 2.47. The molecule has 6 heteroatoms. The van der Waals surface area contributed by atoms with Crippen LogP contribution in [0.25, 0.3) is 0 Å². The van der Waals surface area contributed by atoms with E-state index in [-0.39, 0.29) is 11.3 Å². The summed E-state index contributed by atoms with van der Waals surface area (Å²) >= 11 is 0. The number of benzene rings is 1. The van der Waals surface area contributed by atoms with Crippen LogP contribution in [0.5, 0.6) is 17.4 Å². The van der Waals surface area contributed by atoms with Gasteiger partial charge in [0.1, 0.15) is 23.4 Å². The summed E-state index contributed by atoms with van der Waals surface area (Å²) in [6.45, 7) is 2.05. The molecular formula is C15H16N2O4. The van der Waals surface area contributed by atoms with E-state index in [1.807, 2.05) is 6.92 Å². The zero-order valence-corrected chi connectivity index (χ0v) is 11.9. The molecule has 1 N–H and O–H groups in total. The molecule has 0 fully saturated rings. The Morgan fingerprint density at radius 2 is 2.10 bits per heavy atom. The average molecular weight is 288 g/mol. The fourth-order valence-electron chi connectivity index (χ4n) is 1.83. The van der Waals surface area contributed by atoms with E-state index in [1.165, 1.54) is 25.6 Å². The Balaban J connectivity index is 2.33. The van der Waals surface area contributed by atoms with Crippen molar-refractivity contribution in [1.29, 1.82) is 0 Å². The van der Waals surface area contributed by atoms with Crippen LogP contribution >= 0.6 is 0 Å². The summed E-state index contributed by atoms with van der Waals surface area (Å²) in [5.74, 6) is -0.0690. The quantitative estimate of drug-likeness (QED) is 0.880. The number of carboxylic acids is 1. The predicted molar refractivity (Wildman–Crippen MR) is 76.1 cm³/mol. The van der Waals surface area contributed by atoms with Gasteiger partial charge in [-0.1, -0.05) is 13.3 Å². The molecule has 0 aliphatic heterocycles. The third-order valence-corrected chi connectivity index (χ3v) is 2.84. The van der Waals surface area contributed by atoms with Crippen molar-refractivity contribution in [3.8, 4) is 17.4 Å². The SMILES string of the molecule is CCCc1cc(Oc2cc(OC)ccc2C(=O)O)ncn1. The third-order valence-electron chi connectivity index (χ3n) is 2.84. The van der Waals surface area contributed by atoms with Crippen molar-refractivity contribution in [2.75, 3.05) is 7.11 Å². The standard InChI is InChI=1S/C15H16N2O4/c1-3-4-10-7-14(17-9-16-10)21-13-8-11(20-2)5-6-12(13)15(18)19/h5-9H,3-4H2,1-2H3,(H,18,19). The van der Waals surface area contributed by atoms with E-state index in [1.54, 1.807) is 12.1 Å². The zero-order valence-electron chi connectivity index (χ0n) is 11.9. The maximum absolute atomic E-state index is 11.2. The molecule has 0 aliphatic rings. The number of nitrogens with zero attached hydrogens (tertiary/aromatic N) is 2. The highest BCUT2D eigenvalue weighted by molar-refractivity contribution is 5.91. The molecule has 2 aromatic rings. The van der Waals surface area contributed by atoms with Gasteiger partial charge in [-0.05, 0) is 18.6 Å². The van der Waals surface area contributed by atoms with Gasteiger partial charge in [0.2, 0.25) is 5.88 Å². The lowest BCUT2D eigenvalue weighted by atomic mass is 10.2. The van der Waals surface area contributed by atoms with Crippen LogP contribution in [0.3, 0.4) is 0 Å². The van der Waals surface area contributed by atoms with Crippen LogP contribution in [0.4, 0.5) is 0 Å². The highest BCUT2D eigenvalue weighted by atomic mass is 16.5. The second-order valence-corrected chi connectivity index (χ2v) is 4.37. The molecule has 110 valence electrons. The lowest BCUT2D eigenvalue weighted by molar-refractivity contribution is 0.0694. The summed E-state index contributed by atoms with van der Waals surface area (Å²) in [6.07, 6.45) is 3.17. The van der Waals surface area contributed by atoms with Gasteiger partial charge in [0.25, 0.3) is 0 Å². The predicted octanol–water partition coefficient (Wildman–Crippen LogP) is 2.93. The first-order chi connectivity index (χ1) is 10.1. The number of ether oxygens (including phenoxy) is 2. The minimum atomic E-state index is -1.07. The minimum absolute atomic E-state index is 0.0476. The Kier molecular flexibility index (Phi) is 4.71. The summed E-state index contributed by atoms with van der Waals surface area (Å²) in [6, 6.07) is 6.23. The number of hydrogen-bond acceptors (Lipinski definition) is 5. The van der Waals surface area contributed by atoms with E-state index in [2.05, 4.69) is 9.97 Å². The van der Waals surface area contributed by atoms with E-state index >= 15 is 0 Å². The van der Waals surface area contributed by atoms with Gasteiger partial charge in [-0.25, -0.2) is 14.8 Å². The molecule has 1 aromatic carbocycles. The summed E-state index contributed by atoms with van der Waals surface area (Å²) in [5.41, 5.74) is 0.897. The highest BCUT2D eigenvalue weighted by Crippen LogP contribution is 2.28. The van der Waals surface area contributed by atoms with E-state index in [0.29, 0.717) is 11.6 Å². The molecule has 0 radical (unpaired) electrons. The Labute approximate surface area is 122 Å². The van der Waals surface area contributed by atoms with E-state index in [9.17, 15) is 9.90 Å². The lowest BCUT2D eigenvalue weighted by Crippen LogP contribution is -2.02. The summed E-state index contributed by atoms with van der Waals surface area (Å²) < 4.78 is 10.7. The Hall–Kier alpha value is -2.63. The summed E-state index contributed by atoms with van der Waals surface area (Å²) in [4.78, 5) is 19.4. The van der Waals surface area contributed by atoms with E-state index in [0.717, 1.165) is 18.5 Å². The lowest BCUT2D eigenvalue weighted by Gasteiger charge is -2.10. The van der Waals surface area contributed by atoms with Gasteiger partial charge >= 0.3 is 5.97 Å². The molecule has 1 aromatic heterocycles. The molecule has 1 heterocycles. The van der Waals surface area contributed by atoms with Crippen molar-refractivity contribution in [3.05, 3.63) is 41.9 Å². The van der Waals surface area contributed by atoms with Gasteiger partial charge in [-0.3, -0.25) is 0 Å². The van der Waals surface area contributed by atoms with E-state index < -0.39 is 5.97 Å². The fraction of sp³-hybridized carbons (Fsp3) is 0.267. The Morgan fingerprint density at radius 3 is 2.76 bits per heavy atom. The van der Waals surface area contributed by atoms with Crippen molar-refractivity contribution < 1.29 is 19.4 Å². The number of carboxylic acid groups (broad SMARTS) is 1. The molecule has 0 bridgehead atoms. The van der Waals surface area contributed by atoms with Crippen LogP contribution in [0.1, 0.15) is 29.4 Å². The van der Waals surface area contributed by atoms with Crippen LogP contribution in [0, 0.1) is 0 Å². The largest absolute Gasteiger partial charge is 0.497 e. The Bertz CT molecular complexity index is 643. The van der Waals surface area contributed by atoms with E-state index in [4.69, 9.17) is 9.47 Å². The van der Waals surface area contributed by atoms with Crippen molar-refractivity contribution in [2.45, 2.75) is 19.8 Å². The maximum Gasteiger partial charge on any atom is 0.339 e. The van der Waals surface area contributed by atoms with Crippen LogP contribution < -0.4 is 9.47 Å². The number of aromatic nitrogens is 2. The molecule has 0 saturated carbocycles. The van der Waals surface area contributed by atoms with Gasteiger partial charge < -0.3 is 14.6 Å². The van der Waals surface area contributed by atoms with Gasteiger partial charge in [0.15, 0.2) is 0 Å². The third kappa shape index (κ3) is 3.68. The van der Waals surface area contributed by atoms with Crippen LogP contribution in [-0.2, 0) is 6.42 Å². The van der Waals surface area contributed by atoms with Crippen LogP contribution in [0.15, 0.2) is 30.6 Å². The first-order valence-corrected chi connectivity index (χ1v) is 6.54. The van der Waals surface area contributed by atoms with Crippen LogP contribution in [-0.4, -0.2) is 28.2 Å². The molecule has 0 atom stereocenters. The number of methoxy groups -OCH3 is 1. The van der Waals surface area contributed by atoms with Gasteiger partial charge in [-0.2, -0.15) is 0 Å². The minimum Gasteiger partial charge on any atom is -0.497 e. The molecule has 0 unspecified atom stereocenters. The first kappa shape index (κ1) is 14.8. The second-order valence-electron chi connectivity index (χ2n) is 4.37. The number of hydrogen-bond donors (Lipinski definition) is 1. The first-order valence-electron chi connectivity index (χ1n) is 6.54. The van der Waals surface area contributed by atoms with Crippen LogP contribution in [0.2, 0.25) is 0 Å². The normalized spacial score (nSPS) is 10.2. The molecule has 6 nitrogen and oxygen atoms in total. The Morgan fingerprint density at radius 1 is 1.29 bits per heavy atom. The zero-order chi connectivity index (χ0) is 15.2. The number of aromatic carboxylic acids is 1. The number of rotatable bonds is 6. The molecule has 21 heavy (non-hydrogen) atoms.